The van der Waals surface area contributed by atoms with Gasteiger partial charge in [-0.15, -0.1) is 4.36 Å². The smallest absolute Gasteiger partial charge is 0.408 e. The number of halogens is 4. The van der Waals surface area contributed by atoms with Crippen LogP contribution in [0.3, 0.4) is 0 Å². The lowest BCUT2D eigenvalue weighted by molar-refractivity contribution is -0.143. The predicted molar refractivity (Wildman–Crippen MR) is 200 cm³/mol. The van der Waals surface area contributed by atoms with Crippen LogP contribution in [0.2, 0.25) is 5.02 Å². The first kappa shape index (κ1) is 38.4. The monoisotopic (exact) mass is 787 g/mol. The average molecular weight is 788 g/mol. The van der Waals surface area contributed by atoms with E-state index in [-0.39, 0.29) is 47.3 Å². The fourth-order valence-electron chi connectivity index (χ4n) is 8.47. The van der Waals surface area contributed by atoms with Gasteiger partial charge >= 0.3 is 6.18 Å². The normalized spacial score (nSPS) is 27.8. The second kappa shape index (κ2) is 15.7. The molecule has 2 aliphatic heterocycles. The van der Waals surface area contributed by atoms with Crippen LogP contribution in [0.5, 0.6) is 5.75 Å². The summed E-state index contributed by atoms with van der Waals surface area (Å²) in [7, 11) is -1.91. The summed E-state index contributed by atoms with van der Waals surface area (Å²) >= 11 is 6.43. The minimum atomic E-state index is -4.48. The lowest BCUT2D eigenvalue weighted by Crippen LogP contribution is -2.49. The molecule has 2 amide bonds. The Hall–Kier alpha value is -3.88. The first-order chi connectivity index (χ1) is 25.8. The molecule has 290 valence electrons. The second-order valence-corrected chi connectivity index (χ2v) is 17.4. The molecule has 10 nitrogen and oxygen atoms in total. The van der Waals surface area contributed by atoms with Gasteiger partial charge in [-0.3, -0.25) is 19.0 Å². The number of fused-ring (bicyclic) bond motifs is 4. The Bertz CT molecular complexity index is 2050. The van der Waals surface area contributed by atoms with Crippen LogP contribution in [0, 0.1) is 11.8 Å². The summed E-state index contributed by atoms with van der Waals surface area (Å²) < 4.78 is 73.3. The molecule has 7 rings (SSSR count). The standard InChI is InChI=1S/C39H45ClF3N5O5S/c1-52-34-7-3-2-4-19-54(51,45-36(49)15-11-30-16-18-44-48(30)24-39(41,42)43)46-37(50)27-9-14-35-33(21-27)47(22-28-8-12-31(28)34)23-38(25-53-35)17-5-6-26-20-29(40)10-13-32(26)38/h3,7,9-10,13-14,16,18,20-21,28,31,34H,2,4-6,8,11-12,15,17,19,22-25H2,1H3,(H,45,46,49,50,51)/b7-3+/t28-,31+,34-,38-,54?/m0/s1. The van der Waals surface area contributed by atoms with Crippen LogP contribution in [-0.4, -0.2) is 70.6 Å². The number of nitrogens with zero attached hydrogens (tertiary/aromatic N) is 4. The third-order valence-corrected chi connectivity index (χ3v) is 13.4. The maximum atomic E-state index is 14.3. The van der Waals surface area contributed by atoms with Gasteiger partial charge in [-0.2, -0.15) is 18.3 Å². The van der Waals surface area contributed by atoms with E-state index in [9.17, 15) is 27.0 Å². The molecule has 1 aromatic heterocycles. The van der Waals surface area contributed by atoms with E-state index in [1.165, 1.54) is 23.4 Å². The number of amides is 2. The molecule has 4 aliphatic rings. The number of benzene rings is 2. The number of hydrogen-bond acceptors (Lipinski definition) is 7. The van der Waals surface area contributed by atoms with Crippen LogP contribution in [0.15, 0.2) is 65.2 Å². The highest BCUT2D eigenvalue weighted by atomic mass is 35.5. The third kappa shape index (κ3) is 8.50. The van der Waals surface area contributed by atoms with Gasteiger partial charge in [-0.25, -0.2) is 4.21 Å². The summed E-state index contributed by atoms with van der Waals surface area (Å²) in [5, 5.41) is 4.42. The fourth-order valence-corrected chi connectivity index (χ4v) is 10.3. The molecule has 5 atom stereocenters. The molecule has 1 spiro atoms. The molecule has 54 heavy (non-hydrogen) atoms. The van der Waals surface area contributed by atoms with Gasteiger partial charge in [0.25, 0.3) is 5.91 Å². The first-order valence-electron chi connectivity index (χ1n) is 18.5. The van der Waals surface area contributed by atoms with Gasteiger partial charge < -0.3 is 14.4 Å². The van der Waals surface area contributed by atoms with E-state index in [0.717, 1.165) is 49.0 Å². The number of ether oxygens (including phenoxy) is 2. The van der Waals surface area contributed by atoms with Gasteiger partial charge in [0.1, 0.15) is 22.2 Å². The number of allylic oxidation sites excluding steroid dienone is 1. The Balaban J connectivity index is 1.20. The number of anilines is 1. The lowest BCUT2D eigenvalue weighted by atomic mass is 9.68. The van der Waals surface area contributed by atoms with Crippen LogP contribution in [-0.2, 0) is 44.2 Å². The zero-order valence-electron chi connectivity index (χ0n) is 30.2. The summed E-state index contributed by atoms with van der Waals surface area (Å²) in [4.78, 5) is 29.4. The van der Waals surface area contributed by atoms with Crippen molar-refractivity contribution in [2.45, 2.75) is 82.0 Å². The quantitative estimate of drug-likeness (QED) is 0.262. The molecule has 2 aromatic carbocycles. The van der Waals surface area contributed by atoms with Gasteiger partial charge in [0.15, 0.2) is 0 Å². The van der Waals surface area contributed by atoms with Crippen molar-refractivity contribution in [1.82, 2.24) is 14.5 Å². The number of hydrogen-bond donors (Lipinski definition) is 1. The van der Waals surface area contributed by atoms with Crippen LogP contribution < -0.4 is 14.4 Å². The number of aromatic nitrogens is 2. The van der Waals surface area contributed by atoms with E-state index >= 15 is 0 Å². The summed E-state index contributed by atoms with van der Waals surface area (Å²) in [6.07, 6.45) is 6.12. The first-order valence-corrected chi connectivity index (χ1v) is 20.6. The van der Waals surface area contributed by atoms with Crippen molar-refractivity contribution in [2.24, 2.45) is 16.2 Å². The van der Waals surface area contributed by atoms with Gasteiger partial charge in [-0.05, 0) is 111 Å². The van der Waals surface area contributed by atoms with E-state index in [1.807, 2.05) is 12.1 Å². The number of carbonyl (C=O) groups excluding carboxylic acids is 2. The highest BCUT2D eigenvalue weighted by molar-refractivity contribution is 7.92. The lowest BCUT2D eigenvalue weighted by Gasteiger charge is -2.46. The molecule has 1 unspecified atom stereocenters. The fraction of sp³-hybridized carbons (Fsp3) is 0.513. The highest BCUT2D eigenvalue weighted by Crippen LogP contribution is 2.47. The summed E-state index contributed by atoms with van der Waals surface area (Å²) in [5.41, 5.74) is 3.31. The minimum Gasteiger partial charge on any atom is -0.490 e. The van der Waals surface area contributed by atoms with Crippen molar-refractivity contribution >= 4 is 39.0 Å². The zero-order valence-corrected chi connectivity index (χ0v) is 31.7. The van der Waals surface area contributed by atoms with Crippen molar-refractivity contribution in [3.8, 4) is 5.75 Å². The number of carbonyl (C=O) groups is 2. The maximum Gasteiger partial charge on any atom is 0.408 e. The Kier molecular flexibility index (Phi) is 11.2. The molecular weight excluding hydrogens is 743 g/mol. The molecule has 2 bridgehead atoms. The highest BCUT2D eigenvalue weighted by Gasteiger charge is 2.44. The molecule has 3 heterocycles. The van der Waals surface area contributed by atoms with E-state index in [4.69, 9.17) is 21.1 Å². The molecule has 2 aliphatic carbocycles. The third-order valence-electron chi connectivity index (χ3n) is 11.3. The van der Waals surface area contributed by atoms with E-state index in [2.05, 4.69) is 37.3 Å². The molecule has 15 heteroatoms. The second-order valence-electron chi connectivity index (χ2n) is 14.9. The maximum absolute atomic E-state index is 14.3. The van der Waals surface area contributed by atoms with Gasteiger partial charge in [-0.1, -0.05) is 29.8 Å². The Morgan fingerprint density at radius 2 is 2.02 bits per heavy atom. The SMILES string of the molecule is CO[C@H]1/C=C/CCCS(=O)(NC(=O)CCc2ccnn2CC(F)(F)F)=NC(=O)c2ccc3c(c2)N(C[C@@H]2CC[C@H]21)C[C@@]1(CCCc2cc(Cl)ccc21)CO3. The number of alkyl halides is 3. The van der Waals surface area contributed by atoms with Crippen LogP contribution in [0.4, 0.5) is 18.9 Å². The molecular formula is C39H45ClF3N5O5S. The Labute approximate surface area is 318 Å². The van der Waals surface area contributed by atoms with Gasteiger partial charge in [0, 0.05) is 54.5 Å². The van der Waals surface area contributed by atoms with E-state index < -0.39 is 34.5 Å². The van der Waals surface area contributed by atoms with Crippen LogP contribution >= 0.6 is 11.6 Å². The zero-order chi connectivity index (χ0) is 38.1. The molecule has 0 radical (unpaired) electrons. The number of methoxy groups -OCH3 is 1. The number of rotatable bonds is 6. The van der Waals surface area contributed by atoms with Gasteiger partial charge in [0.05, 0.1) is 24.2 Å². The van der Waals surface area contributed by atoms with Crippen LogP contribution in [0.1, 0.15) is 72.1 Å². The predicted octanol–water partition coefficient (Wildman–Crippen LogP) is 7.24. The minimum absolute atomic E-state index is 0.0751. The van der Waals surface area contributed by atoms with Crippen molar-refractivity contribution in [3.05, 3.63) is 88.2 Å². The van der Waals surface area contributed by atoms with Crippen molar-refractivity contribution in [1.29, 1.82) is 0 Å². The molecule has 3 aromatic rings. The van der Waals surface area contributed by atoms with Crippen molar-refractivity contribution in [3.63, 3.8) is 0 Å². The number of aryl methyl sites for hydroxylation is 2. The summed E-state index contributed by atoms with van der Waals surface area (Å²) in [6, 6.07) is 12.7. The summed E-state index contributed by atoms with van der Waals surface area (Å²) in [6.45, 7) is 0.553. The molecule has 0 saturated heterocycles. The van der Waals surface area contributed by atoms with Crippen molar-refractivity contribution < 1.29 is 36.4 Å². The largest absolute Gasteiger partial charge is 0.490 e. The molecule has 1 fully saturated rings. The molecule has 1 N–H and O–H groups in total. The van der Waals surface area contributed by atoms with Crippen molar-refractivity contribution in [2.75, 3.05) is 37.5 Å². The average Bonchev–Trinajstić information content (AvgIpc) is 3.48. The topological polar surface area (TPSA) is 115 Å². The Morgan fingerprint density at radius 3 is 2.80 bits per heavy atom. The number of nitrogens with one attached hydrogen (secondary N) is 1. The summed E-state index contributed by atoms with van der Waals surface area (Å²) in [5.74, 6) is -0.270. The van der Waals surface area contributed by atoms with E-state index in [1.54, 1.807) is 25.3 Å². The van der Waals surface area contributed by atoms with E-state index in [0.29, 0.717) is 42.7 Å². The van der Waals surface area contributed by atoms with Crippen LogP contribution in [0.25, 0.3) is 0 Å². The molecule has 1 saturated carbocycles. The Morgan fingerprint density at radius 1 is 1.17 bits per heavy atom. The van der Waals surface area contributed by atoms with Gasteiger partial charge in [0.2, 0.25) is 5.91 Å².